The van der Waals surface area contributed by atoms with Gasteiger partial charge in [0.05, 0.1) is 6.10 Å². The Morgan fingerprint density at radius 3 is 2.88 bits per heavy atom. The highest BCUT2D eigenvalue weighted by Crippen LogP contribution is 2.23. The number of nitrogens with zero attached hydrogens (tertiary/aromatic N) is 1. The van der Waals surface area contributed by atoms with Crippen LogP contribution in [0.15, 0.2) is 24.3 Å². The Morgan fingerprint density at radius 1 is 1.50 bits per heavy atom. The van der Waals surface area contributed by atoms with Gasteiger partial charge < -0.3 is 10.4 Å². The highest BCUT2D eigenvalue weighted by molar-refractivity contribution is 5.94. The summed E-state index contributed by atoms with van der Waals surface area (Å²) in [4.78, 5) is 13.3. The van der Waals surface area contributed by atoms with E-state index in [1.54, 1.807) is 11.8 Å². The number of hydrogen-bond donors (Lipinski definition) is 2. The maximum atomic E-state index is 11.6. The second-order valence-corrected chi connectivity index (χ2v) is 4.07. The van der Waals surface area contributed by atoms with Crippen molar-refractivity contribution >= 4 is 11.7 Å². The van der Waals surface area contributed by atoms with Crippen LogP contribution in [0.25, 0.3) is 0 Å². The number of urea groups is 1. The molecule has 0 radical (unpaired) electrons. The Bertz CT molecular complexity index is 390. The van der Waals surface area contributed by atoms with Gasteiger partial charge in [0.1, 0.15) is 0 Å². The number of aliphatic hydroxyl groups is 1. The second kappa shape index (κ2) is 4.53. The first kappa shape index (κ1) is 11.0. The summed E-state index contributed by atoms with van der Waals surface area (Å²) in [7, 11) is 0. The van der Waals surface area contributed by atoms with E-state index in [2.05, 4.69) is 5.32 Å². The summed E-state index contributed by atoms with van der Waals surface area (Å²) in [5, 5.41) is 12.2. The van der Waals surface area contributed by atoms with E-state index in [4.69, 9.17) is 0 Å². The number of benzene rings is 1. The van der Waals surface area contributed by atoms with E-state index in [1.807, 2.05) is 24.3 Å². The van der Waals surface area contributed by atoms with Crippen LogP contribution in [0.5, 0.6) is 0 Å². The zero-order chi connectivity index (χ0) is 11.5. The SMILES string of the molecule is CC(O)Cc1ccccc1N1CCNC1=O. The first-order chi connectivity index (χ1) is 7.68. The molecule has 1 aliphatic rings. The molecule has 4 heteroatoms. The average Bonchev–Trinajstić information content (AvgIpc) is 2.64. The Labute approximate surface area is 94.9 Å². The molecule has 2 N–H and O–H groups in total. The van der Waals surface area contributed by atoms with Crippen LogP contribution in [-0.4, -0.2) is 30.3 Å². The summed E-state index contributed by atoms with van der Waals surface area (Å²) in [6, 6.07) is 7.65. The molecule has 0 spiro atoms. The number of aliphatic hydroxyl groups excluding tert-OH is 1. The van der Waals surface area contributed by atoms with E-state index in [-0.39, 0.29) is 6.03 Å². The first-order valence-corrected chi connectivity index (χ1v) is 5.50. The molecule has 0 aromatic heterocycles. The lowest BCUT2D eigenvalue weighted by Gasteiger charge is -2.19. The van der Waals surface area contributed by atoms with Crippen molar-refractivity contribution in [2.75, 3.05) is 18.0 Å². The van der Waals surface area contributed by atoms with Crippen molar-refractivity contribution < 1.29 is 9.90 Å². The highest BCUT2D eigenvalue weighted by atomic mass is 16.3. The number of hydrogen-bond acceptors (Lipinski definition) is 2. The smallest absolute Gasteiger partial charge is 0.322 e. The van der Waals surface area contributed by atoms with Gasteiger partial charge >= 0.3 is 6.03 Å². The molecule has 1 heterocycles. The van der Waals surface area contributed by atoms with E-state index in [9.17, 15) is 9.90 Å². The number of amides is 2. The van der Waals surface area contributed by atoms with Crippen LogP contribution in [-0.2, 0) is 6.42 Å². The lowest BCUT2D eigenvalue weighted by Crippen LogP contribution is -2.28. The number of anilines is 1. The first-order valence-electron chi connectivity index (χ1n) is 5.50. The zero-order valence-corrected chi connectivity index (χ0v) is 9.31. The minimum absolute atomic E-state index is 0.0574. The van der Waals surface area contributed by atoms with Crippen molar-refractivity contribution in [3.05, 3.63) is 29.8 Å². The molecule has 1 saturated heterocycles. The van der Waals surface area contributed by atoms with Crippen LogP contribution in [0.2, 0.25) is 0 Å². The number of nitrogens with one attached hydrogen (secondary N) is 1. The van der Waals surface area contributed by atoms with Crippen LogP contribution in [0, 0.1) is 0 Å². The van der Waals surface area contributed by atoms with Gasteiger partial charge in [-0.1, -0.05) is 18.2 Å². The predicted octanol–water partition coefficient (Wildman–Crippen LogP) is 1.14. The second-order valence-electron chi connectivity index (χ2n) is 4.07. The van der Waals surface area contributed by atoms with Gasteiger partial charge in [0.2, 0.25) is 0 Å². The molecule has 1 aromatic carbocycles. The minimum atomic E-state index is -0.396. The van der Waals surface area contributed by atoms with E-state index < -0.39 is 6.10 Å². The van der Waals surface area contributed by atoms with Gasteiger partial charge in [0, 0.05) is 25.2 Å². The third kappa shape index (κ3) is 2.17. The number of rotatable bonds is 3. The van der Waals surface area contributed by atoms with Crippen molar-refractivity contribution in [3.63, 3.8) is 0 Å². The predicted molar refractivity (Wildman–Crippen MR) is 62.6 cm³/mol. The Morgan fingerprint density at radius 2 is 2.25 bits per heavy atom. The molecular formula is C12H16N2O2. The lowest BCUT2D eigenvalue weighted by atomic mass is 10.1. The summed E-state index contributed by atoms with van der Waals surface area (Å²) in [6.07, 6.45) is 0.173. The molecule has 2 amide bonds. The molecule has 16 heavy (non-hydrogen) atoms. The molecule has 2 rings (SSSR count). The topological polar surface area (TPSA) is 52.6 Å². The third-order valence-electron chi connectivity index (χ3n) is 2.65. The Kier molecular flexibility index (Phi) is 3.10. The molecule has 86 valence electrons. The van der Waals surface area contributed by atoms with Crippen LogP contribution in [0.4, 0.5) is 10.5 Å². The summed E-state index contributed by atoms with van der Waals surface area (Å²) < 4.78 is 0. The molecule has 0 saturated carbocycles. The number of carbonyl (C=O) groups is 1. The molecule has 1 aromatic rings. The van der Waals surface area contributed by atoms with Gasteiger partial charge in [-0.3, -0.25) is 4.90 Å². The lowest BCUT2D eigenvalue weighted by molar-refractivity contribution is 0.195. The fraction of sp³-hybridized carbons (Fsp3) is 0.417. The largest absolute Gasteiger partial charge is 0.393 e. The minimum Gasteiger partial charge on any atom is -0.393 e. The van der Waals surface area contributed by atoms with Crippen molar-refractivity contribution in [2.24, 2.45) is 0 Å². The van der Waals surface area contributed by atoms with Gasteiger partial charge in [0.15, 0.2) is 0 Å². The molecule has 4 nitrogen and oxygen atoms in total. The molecule has 0 bridgehead atoms. The molecular weight excluding hydrogens is 204 g/mol. The molecule has 1 unspecified atom stereocenters. The molecule has 0 aliphatic carbocycles. The van der Waals surface area contributed by atoms with Gasteiger partial charge in [0.25, 0.3) is 0 Å². The van der Waals surface area contributed by atoms with Crippen LogP contribution in [0.3, 0.4) is 0 Å². The zero-order valence-electron chi connectivity index (χ0n) is 9.31. The number of carbonyl (C=O) groups excluding carboxylic acids is 1. The summed E-state index contributed by atoms with van der Waals surface area (Å²) >= 11 is 0. The molecule has 1 fully saturated rings. The summed E-state index contributed by atoms with van der Waals surface area (Å²) in [6.45, 7) is 3.12. The maximum absolute atomic E-state index is 11.6. The van der Waals surface area contributed by atoms with Crippen LogP contribution < -0.4 is 10.2 Å². The van der Waals surface area contributed by atoms with Gasteiger partial charge in [-0.15, -0.1) is 0 Å². The maximum Gasteiger partial charge on any atom is 0.322 e. The Balaban J connectivity index is 2.28. The van der Waals surface area contributed by atoms with Crippen molar-refractivity contribution in [1.29, 1.82) is 0 Å². The van der Waals surface area contributed by atoms with E-state index in [0.29, 0.717) is 19.5 Å². The normalized spacial score (nSPS) is 17.4. The van der Waals surface area contributed by atoms with E-state index in [0.717, 1.165) is 11.3 Å². The van der Waals surface area contributed by atoms with Crippen molar-refractivity contribution in [2.45, 2.75) is 19.4 Å². The van der Waals surface area contributed by atoms with E-state index >= 15 is 0 Å². The highest BCUT2D eigenvalue weighted by Gasteiger charge is 2.23. The summed E-state index contributed by atoms with van der Waals surface area (Å²) in [5.74, 6) is 0. The number of para-hydroxylation sites is 1. The van der Waals surface area contributed by atoms with Gasteiger partial charge in [-0.05, 0) is 18.6 Å². The van der Waals surface area contributed by atoms with Crippen LogP contribution in [0.1, 0.15) is 12.5 Å². The van der Waals surface area contributed by atoms with Crippen molar-refractivity contribution in [3.8, 4) is 0 Å². The van der Waals surface area contributed by atoms with Gasteiger partial charge in [-0.25, -0.2) is 4.79 Å². The molecule has 1 aliphatic heterocycles. The average molecular weight is 220 g/mol. The Hall–Kier alpha value is -1.55. The van der Waals surface area contributed by atoms with E-state index in [1.165, 1.54) is 0 Å². The standard InChI is InChI=1S/C12H16N2O2/c1-9(15)8-10-4-2-3-5-11(10)14-7-6-13-12(14)16/h2-5,9,15H,6-8H2,1H3,(H,13,16). The van der Waals surface area contributed by atoms with Gasteiger partial charge in [-0.2, -0.15) is 0 Å². The fourth-order valence-corrected chi connectivity index (χ4v) is 1.97. The quantitative estimate of drug-likeness (QED) is 0.802. The summed E-state index contributed by atoms with van der Waals surface area (Å²) in [5.41, 5.74) is 1.91. The van der Waals surface area contributed by atoms with Crippen molar-refractivity contribution in [1.82, 2.24) is 5.32 Å². The monoisotopic (exact) mass is 220 g/mol. The fourth-order valence-electron chi connectivity index (χ4n) is 1.97. The molecule has 1 atom stereocenters. The third-order valence-corrected chi connectivity index (χ3v) is 2.65. The van der Waals surface area contributed by atoms with Crippen LogP contribution >= 0.6 is 0 Å².